The molecular weight excluding hydrogens is 294 g/mol. The Labute approximate surface area is 148 Å². The van der Waals surface area contributed by atoms with Gasteiger partial charge in [-0.25, -0.2) is 0 Å². The molecular formula is C21H31NSi. The highest BCUT2D eigenvalue weighted by molar-refractivity contribution is 6.89. The van der Waals surface area contributed by atoms with E-state index in [1.807, 2.05) is 19.2 Å². The van der Waals surface area contributed by atoms with E-state index in [0.29, 0.717) is 5.56 Å². The predicted octanol–water partition coefficient (Wildman–Crippen LogP) is 5.75. The Balaban J connectivity index is 2.63. The molecule has 0 aliphatic rings. The molecule has 1 aromatic heterocycles. The van der Waals surface area contributed by atoms with Gasteiger partial charge < -0.3 is 0 Å². The molecule has 0 aliphatic heterocycles. The van der Waals surface area contributed by atoms with Gasteiger partial charge in [0.05, 0.1) is 13.8 Å². The smallest absolute Gasteiger partial charge is 0.0799 e. The number of benzene rings is 1. The van der Waals surface area contributed by atoms with Gasteiger partial charge in [-0.05, 0) is 35.0 Å². The molecule has 0 spiro atoms. The van der Waals surface area contributed by atoms with E-state index >= 15 is 0 Å². The van der Waals surface area contributed by atoms with Gasteiger partial charge in [-0.2, -0.15) is 0 Å². The fourth-order valence-electron chi connectivity index (χ4n) is 2.57. The van der Waals surface area contributed by atoms with Gasteiger partial charge in [-0.3, -0.25) is 4.98 Å². The minimum atomic E-state index is -2.11. The van der Waals surface area contributed by atoms with Crippen molar-refractivity contribution in [1.82, 2.24) is 4.98 Å². The van der Waals surface area contributed by atoms with E-state index < -0.39 is 20.8 Å². The summed E-state index contributed by atoms with van der Waals surface area (Å²) in [6.45, 7) is 13.0. The quantitative estimate of drug-likeness (QED) is 0.653. The van der Waals surface area contributed by atoms with Crippen LogP contribution in [0.5, 0.6) is 0 Å². The Morgan fingerprint density at radius 1 is 1.13 bits per heavy atom. The summed E-state index contributed by atoms with van der Waals surface area (Å²) in [5, 5.41) is 1.21. The molecule has 0 aliphatic carbocycles. The molecule has 0 saturated carbocycles. The molecule has 0 radical (unpaired) electrons. The van der Waals surface area contributed by atoms with Crippen LogP contribution < -0.4 is 5.19 Å². The second kappa shape index (κ2) is 6.24. The molecule has 0 bridgehead atoms. The number of aryl methyl sites for hydroxylation is 1. The van der Waals surface area contributed by atoms with Gasteiger partial charge in [-0.1, -0.05) is 77.2 Å². The van der Waals surface area contributed by atoms with Crippen LogP contribution in [0.2, 0.25) is 19.6 Å². The fraction of sp³-hybridized carbons (Fsp3) is 0.476. The number of pyridine rings is 1. The first kappa shape index (κ1) is 12.9. The number of hydrogen-bond acceptors (Lipinski definition) is 1. The average Bonchev–Trinajstić information content (AvgIpc) is 2.51. The topological polar surface area (TPSA) is 12.9 Å². The van der Waals surface area contributed by atoms with Crippen molar-refractivity contribution in [1.29, 1.82) is 0 Å². The molecule has 0 N–H and O–H groups in total. The lowest BCUT2D eigenvalue weighted by atomic mass is 9.78. The van der Waals surface area contributed by atoms with Gasteiger partial charge in [0.15, 0.2) is 0 Å². The van der Waals surface area contributed by atoms with Gasteiger partial charge in [0.2, 0.25) is 0 Å². The van der Waals surface area contributed by atoms with Gasteiger partial charge in [-0.15, -0.1) is 0 Å². The summed E-state index contributed by atoms with van der Waals surface area (Å²) >= 11 is 0. The van der Waals surface area contributed by atoms with Crippen LogP contribution in [-0.4, -0.2) is 13.1 Å². The zero-order chi connectivity index (χ0) is 20.8. The summed E-state index contributed by atoms with van der Waals surface area (Å²) in [6, 6.07) is 8.93. The van der Waals surface area contributed by atoms with E-state index in [9.17, 15) is 0 Å². The van der Waals surface area contributed by atoms with Crippen LogP contribution >= 0.6 is 0 Å². The van der Waals surface area contributed by atoms with Gasteiger partial charge >= 0.3 is 0 Å². The van der Waals surface area contributed by atoms with Crippen LogP contribution in [-0.2, 0) is 0 Å². The molecule has 1 nitrogen and oxygen atoms in total. The van der Waals surface area contributed by atoms with Crippen molar-refractivity contribution in [3.8, 4) is 11.3 Å². The molecule has 2 heteroatoms. The first-order valence-electron chi connectivity index (χ1n) is 10.2. The van der Waals surface area contributed by atoms with Gasteiger partial charge in [0.1, 0.15) is 0 Å². The number of rotatable bonds is 3. The second-order valence-corrected chi connectivity index (χ2v) is 13.4. The van der Waals surface area contributed by atoms with Gasteiger partial charge in [0, 0.05) is 17.2 Å². The highest BCUT2D eigenvalue weighted by Gasteiger charge is 2.29. The van der Waals surface area contributed by atoms with E-state index in [2.05, 4.69) is 45.4 Å². The lowest BCUT2D eigenvalue weighted by Gasteiger charge is -2.32. The molecule has 2 rings (SSSR count). The predicted molar refractivity (Wildman–Crippen MR) is 105 cm³/mol. The molecule has 0 saturated heterocycles. The van der Waals surface area contributed by atoms with Crippen LogP contribution in [0.1, 0.15) is 50.2 Å². The van der Waals surface area contributed by atoms with E-state index in [1.54, 1.807) is 24.3 Å². The van der Waals surface area contributed by atoms with Crippen molar-refractivity contribution in [2.75, 3.05) is 0 Å². The maximum absolute atomic E-state index is 9.13. The largest absolute Gasteiger partial charge is 0.256 e. The van der Waals surface area contributed by atoms with Gasteiger partial charge in [0.25, 0.3) is 0 Å². The lowest BCUT2D eigenvalue weighted by molar-refractivity contribution is 0.340. The van der Waals surface area contributed by atoms with Crippen LogP contribution in [0.25, 0.3) is 11.3 Å². The zero-order valence-electron chi connectivity index (χ0n) is 19.4. The molecule has 23 heavy (non-hydrogen) atoms. The molecule has 1 heterocycles. The summed E-state index contributed by atoms with van der Waals surface area (Å²) in [4.78, 5) is 4.67. The highest BCUT2D eigenvalue weighted by atomic mass is 28.3. The SMILES string of the molecule is [2H]C([2H])([2H])c1ccc(-c2cc(C([2H])(C)C(C)(C)C)c([Si](C)(C)C)cn2)cc1. The lowest BCUT2D eigenvalue weighted by Crippen LogP contribution is -2.42. The van der Waals surface area contributed by atoms with Crippen LogP contribution in [0.3, 0.4) is 0 Å². The summed E-state index contributed by atoms with van der Waals surface area (Å²) in [5.74, 6) is -0.765. The minimum absolute atomic E-state index is 0.231. The van der Waals surface area contributed by atoms with E-state index in [0.717, 1.165) is 16.8 Å². The van der Waals surface area contributed by atoms with Crippen molar-refractivity contribution in [2.45, 2.75) is 60.1 Å². The molecule has 1 atom stereocenters. The molecule has 0 amide bonds. The Morgan fingerprint density at radius 3 is 2.22 bits per heavy atom. The molecule has 0 fully saturated rings. The average molecular weight is 330 g/mol. The van der Waals surface area contributed by atoms with E-state index in [-0.39, 0.29) is 5.41 Å². The maximum atomic E-state index is 9.13. The first-order valence-corrected chi connectivity index (χ1v) is 11.7. The van der Waals surface area contributed by atoms with E-state index in [1.165, 1.54) is 5.19 Å². The second-order valence-electron chi connectivity index (χ2n) is 8.32. The zero-order valence-corrected chi connectivity index (χ0v) is 16.4. The summed E-state index contributed by atoms with van der Waals surface area (Å²) in [6.07, 6.45) is 1.94. The van der Waals surface area contributed by atoms with Crippen molar-refractivity contribution < 1.29 is 5.48 Å². The van der Waals surface area contributed by atoms with Crippen molar-refractivity contribution in [3.63, 3.8) is 0 Å². The molecule has 1 unspecified atom stereocenters. The van der Waals surface area contributed by atoms with Crippen molar-refractivity contribution in [2.24, 2.45) is 5.41 Å². The third kappa shape index (κ3) is 4.11. The molecule has 1 aromatic carbocycles. The third-order valence-electron chi connectivity index (χ3n) is 4.42. The summed E-state index contributed by atoms with van der Waals surface area (Å²) in [7, 11) is -1.68. The number of hydrogen-bond donors (Lipinski definition) is 0. The van der Waals surface area contributed by atoms with Crippen LogP contribution in [0.15, 0.2) is 36.5 Å². The van der Waals surface area contributed by atoms with Crippen LogP contribution in [0.4, 0.5) is 0 Å². The highest BCUT2D eigenvalue weighted by Crippen LogP contribution is 2.35. The van der Waals surface area contributed by atoms with Crippen molar-refractivity contribution in [3.05, 3.63) is 47.7 Å². The molecule has 2 aromatic rings. The Kier molecular flexibility index (Phi) is 3.51. The molecule has 124 valence electrons. The fourth-order valence-corrected chi connectivity index (χ4v) is 4.09. The summed E-state index contributed by atoms with van der Waals surface area (Å²) in [5.41, 5.74) is 2.78. The van der Waals surface area contributed by atoms with Crippen LogP contribution in [0, 0.1) is 12.3 Å². The minimum Gasteiger partial charge on any atom is -0.256 e. The Morgan fingerprint density at radius 2 is 1.74 bits per heavy atom. The summed E-state index contributed by atoms with van der Waals surface area (Å²) < 4.78 is 31.7. The maximum Gasteiger partial charge on any atom is 0.0799 e. The van der Waals surface area contributed by atoms with Crippen molar-refractivity contribution >= 4 is 13.3 Å². The standard InChI is InChI=1S/C21H31NSi/c1-15-9-11-17(12-10-15)19-13-18(16(2)21(3,4)5)20(14-22-19)23(6,7)8/h9-14,16H,1-8H3/i1D3,16D. The Hall–Kier alpha value is -1.41. The number of nitrogens with zero attached hydrogens (tertiary/aromatic N) is 1. The third-order valence-corrected chi connectivity index (χ3v) is 6.44. The monoisotopic (exact) mass is 329 g/mol. The first-order chi connectivity index (χ1) is 12.0. The number of aromatic nitrogens is 1. The van der Waals surface area contributed by atoms with E-state index in [4.69, 9.17) is 5.48 Å². The normalized spacial score (nSPS) is 18.4. The Bertz CT molecular complexity index is 810.